The Morgan fingerprint density at radius 1 is 1.56 bits per heavy atom. The number of carbonyl (C=O) groups excluding carboxylic acids is 1. The second-order valence-electron chi connectivity index (χ2n) is 2.98. The van der Waals surface area contributed by atoms with Gasteiger partial charge in [-0.1, -0.05) is 0 Å². The molecule has 1 heterocycles. The van der Waals surface area contributed by atoms with E-state index >= 15 is 0 Å². The Bertz CT molecular complexity index is 385. The first-order chi connectivity index (χ1) is 7.56. The van der Waals surface area contributed by atoms with E-state index in [-0.39, 0.29) is 28.6 Å². The van der Waals surface area contributed by atoms with Crippen molar-refractivity contribution in [1.29, 1.82) is 0 Å². The molecular formula is C10H10BrF2NO2. The van der Waals surface area contributed by atoms with Crippen molar-refractivity contribution in [1.82, 2.24) is 4.98 Å². The van der Waals surface area contributed by atoms with E-state index in [1.807, 2.05) is 0 Å². The second-order valence-corrected chi connectivity index (χ2v) is 3.83. The highest BCUT2D eigenvalue weighted by molar-refractivity contribution is 9.10. The SMILES string of the molecule is CCOC(=O)Cc1cncc(Br)c1C(F)F. The number of esters is 1. The molecule has 16 heavy (non-hydrogen) atoms. The molecule has 1 aromatic rings. The van der Waals surface area contributed by atoms with Crippen LogP contribution >= 0.6 is 15.9 Å². The van der Waals surface area contributed by atoms with Gasteiger partial charge in [0.2, 0.25) is 0 Å². The fourth-order valence-corrected chi connectivity index (χ4v) is 1.78. The van der Waals surface area contributed by atoms with E-state index in [2.05, 4.69) is 20.9 Å². The summed E-state index contributed by atoms with van der Waals surface area (Å²) in [5.41, 5.74) is -0.0223. The minimum Gasteiger partial charge on any atom is -0.466 e. The van der Waals surface area contributed by atoms with Gasteiger partial charge in [0.15, 0.2) is 0 Å². The molecule has 0 unspecified atom stereocenters. The normalized spacial score (nSPS) is 10.6. The molecule has 6 heteroatoms. The molecule has 0 amide bonds. The summed E-state index contributed by atoms with van der Waals surface area (Å²) >= 11 is 2.98. The van der Waals surface area contributed by atoms with Crippen LogP contribution in [0.4, 0.5) is 8.78 Å². The summed E-state index contributed by atoms with van der Waals surface area (Å²) < 4.78 is 30.3. The third-order valence-corrected chi connectivity index (χ3v) is 2.51. The van der Waals surface area contributed by atoms with Crippen molar-refractivity contribution in [3.05, 3.63) is 28.0 Å². The molecule has 0 fully saturated rings. The number of pyridine rings is 1. The van der Waals surface area contributed by atoms with Gasteiger partial charge in [-0.25, -0.2) is 8.78 Å². The zero-order valence-electron chi connectivity index (χ0n) is 8.54. The molecule has 0 aromatic carbocycles. The highest BCUT2D eigenvalue weighted by atomic mass is 79.9. The molecule has 0 saturated carbocycles. The van der Waals surface area contributed by atoms with E-state index in [1.54, 1.807) is 6.92 Å². The fraction of sp³-hybridized carbons (Fsp3) is 0.400. The molecule has 0 radical (unpaired) electrons. The molecule has 1 rings (SSSR count). The second kappa shape index (κ2) is 5.89. The molecule has 0 aliphatic heterocycles. The summed E-state index contributed by atoms with van der Waals surface area (Å²) in [6.45, 7) is 1.88. The molecule has 88 valence electrons. The predicted molar refractivity (Wildman–Crippen MR) is 57.2 cm³/mol. The van der Waals surface area contributed by atoms with Gasteiger partial charge in [0.05, 0.1) is 13.0 Å². The molecule has 0 aliphatic carbocycles. The zero-order valence-corrected chi connectivity index (χ0v) is 10.1. The molecule has 0 aliphatic rings. The summed E-state index contributed by atoms with van der Waals surface area (Å²) in [6, 6.07) is 0. The number of ether oxygens (including phenoxy) is 1. The number of rotatable bonds is 4. The molecule has 0 saturated heterocycles. The zero-order chi connectivity index (χ0) is 12.1. The maximum Gasteiger partial charge on any atom is 0.310 e. The minimum atomic E-state index is -2.65. The fourth-order valence-electron chi connectivity index (χ4n) is 1.24. The van der Waals surface area contributed by atoms with Gasteiger partial charge in [-0.3, -0.25) is 9.78 Å². The van der Waals surface area contributed by atoms with E-state index in [9.17, 15) is 13.6 Å². The largest absolute Gasteiger partial charge is 0.466 e. The number of alkyl halides is 2. The Labute approximate surface area is 99.9 Å². The van der Waals surface area contributed by atoms with Gasteiger partial charge in [0, 0.05) is 22.4 Å². The van der Waals surface area contributed by atoms with E-state index in [1.165, 1.54) is 12.4 Å². The van der Waals surface area contributed by atoms with Crippen LogP contribution < -0.4 is 0 Å². The molecule has 1 aromatic heterocycles. The Hall–Kier alpha value is -1.04. The van der Waals surface area contributed by atoms with E-state index < -0.39 is 12.4 Å². The van der Waals surface area contributed by atoms with Gasteiger partial charge < -0.3 is 4.74 Å². The number of hydrogen-bond acceptors (Lipinski definition) is 3. The van der Waals surface area contributed by atoms with E-state index in [0.717, 1.165) is 0 Å². The van der Waals surface area contributed by atoms with Gasteiger partial charge in [-0.15, -0.1) is 0 Å². The lowest BCUT2D eigenvalue weighted by molar-refractivity contribution is -0.142. The van der Waals surface area contributed by atoms with Crippen LogP contribution in [-0.4, -0.2) is 17.6 Å². The number of nitrogens with zero attached hydrogens (tertiary/aromatic N) is 1. The quantitative estimate of drug-likeness (QED) is 0.802. The van der Waals surface area contributed by atoms with Crippen molar-refractivity contribution in [2.45, 2.75) is 19.8 Å². The van der Waals surface area contributed by atoms with Gasteiger partial charge in [-0.2, -0.15) is 0 Å². The van der Waals surface area contributed by atoms with Crippen molar-refractivity contribution >= 4 is 21.9 Å². The first-order valence-electron chi connectivity index (χ1n) is 4.62. The van der Waals surface area contributed by atoms with Crippen LogP contribution in [-0.2, 0) is 16.0 Å². The number of hydrogen-bond donors (Lipinski definition) is 0. The maximum absolute atomic E-state index is 12.7. The third kappa shape index (κ3) is 3.23. The van der Waals surface area contributed by atoms with E-state index in [0.29, 0.717) is 0 Å². The van der Waals surface area contributed by atoms with Gasteiger partial charge in [-0.05, 0) is 28.4 Å². The first-order valence-corrected chi connectivity index (χ1v) is 5.41. The van der Waals surface area contributed by atoms with Gasteiger partial charge in [0.1, 0.15) is 0 Å². The van der Waals surface area contributed by atoms with Crippen LogP contribution in [0.1, 0.15) is 24.5 Å². The lowest BCUT2D eigenvalue weighted by Crippen LogP contribution is -2.10. The minimum absolute atomic E-state index is 0.183. The number of carbonyl (C=O) groups is 1. The Balaban J connectivity index is 2.95. The van der Waals surface area contributed by atoms with Crippen LogP contribution in [0.3, 0.4) is 0 Å². The Morgan fingerprint density at radius 2 is 2.25 bits per heavy atom. The highest BCUT2D eigenvalue weighted by Gasteiger charge is 2.19. The van der Waals surface area contributed by atoms with Gasteiger partial charge >= 0.3 is 5.97 Å². The summed E-state index contributed by atoms with van der Waals surface area (Å²) in [5, 5.41) is 0. The average Bonchev–Trinajstić information content (AvgIpc) is 2.17. The van der Waals surface area contributed by atoms with Crippen molar-refractivity contribution in [2.24, 2.45) is 0 Å². The molecule has 0 spiro atoms. The Kier molecular flexibility index (Phi) is 4.79. The highest BCUT2D eigenvalue weighted by Crippen LogP contribution is 2.30. The van der Waals surface area contributed by atoms with E-state index in [4.69, 9.17) is 4.74 Å². The average molecular weight is 294 g/mol. The first kappa shape index (κ1) is 13.0. The summed E-state index contributed by atoms with van der Waals surface area (Å²) in [4.78, 5) is 14.9. The summed E-state index contributed by atoms with van der Waals surface area (Å²) in [7, 11) is 0. The summed E-state index contributed by atoms with van der Waals surface area (Å²) in [5.74, 6) is -0.538. The smallest absolute Gasteiger partial charge is 0.310 e. The molecule has 0 N–H and O–H groups in total. The molecular weight excluding hydrogens is 284 g/mol. The molecule has 0 atom stereocenters. The predicted octanol–water partition coefficient (Wildman–Crippen LogP) is 2.89. The lowest BCUT2D eigenvalue weighted by atomic mass is 10.1. The van der Waals surface area contributed by atoms with Crippen molar-refractivity contribution in [3.63, 3.8) is 0 Å². The van der Waals surface area contributed by atoms with Crippen molar-refractivity contribution in [3.8, 4) is 0 Å². The van der Waals surface area contributed by atoms with Crippen LogP contribution in [0.25, 0.3) is 0 Å². The molecule has 0 bridgehead atoms. The monoisotopic (exact) mass is 293 g/mol. The Morgan fingerprint density at radius 3 is 2.81 bits per heavy atom. The van der Waals surface area contributed by atoms with Gasteiger partial charge in [0.25, 0.3) is 6.43 Å². The van der Waals surface area contributed by atoms with Crippen LogP contribution in [0.5, 0.6) is 0 Å². The van der Waals surface area contributed by atoms with Crippen LogP contribution in [0, 0.1) is 0 Å². The lowest BCUT2D eigenvalue weighted by Gasteiger charge is -2.09. The summed E-state index contributed by atoms with van der Waals surface area (Å²) in [6.07, 6.45) is -0.318. The van der Waals surface area contributed by atoms with Crippen LogP contribution in [0.2, 0.25) is 0 Å². The standard InChI is InChI=1S/C10H10BrF2NO2/c1-2-16-8(15)3-6-4-14-5-7(11)9(6)10(12)13/h4-5,10H,2-3H2,1H3. The van der Waals surface area contributed by atoms with Crippen molar-refractivity contribution in [2.75, 3.05) is 6.61 Å². The number of halogens is 3. The molecule has 3 nitrogen and oxygen atoms in total. The van der Waals surface area contributed by atoms with Crippen LogP contribution in [0.15, 0.2) is 16.9 Å². The van der Waals surface area contributed by atoms with Crippen molar-refractivity contribution < 1.29 is 18.3 Å². The topological polar surface area (TPSA) is 39.2 Å². The number of aromatic nitrogens is 1. The maximum atomic E-state index is 12.7. The third-order valence-electron chi connectivity index (χ3n) is 1.88.